The molecule has 144 valence electrons. The summed E-state index contributed by atoms with van der Waals surface area (Å²) in [5.41, 5.74) is 0.602. The summed E-state index contributed by atoms with van der Waals surface area (Å²) in [4.78, 5) is 18.3. The van der Waals surface area contributed by atoms with Crippen LogP contribution >= 0.6 is 11.6 Å². The number of hydrogen-bond donors (Lipinski definition) is 1. The van der Waals surface area contributed by atoms with Crippen molar-refractivity contribution in [3.63, 3.8) is 0 Å². The Hall–Kier alpha value is -2.67. The summed E-state index contributed by atoms with van der Waals surface area (Å²) in [6.07, 6.45) is 4.68. The normalized spacial score (nSPS) is 14.6. The van der Waals surface area contributed by atoms with Crippen molar-refractivity contribution in [1.82, 2.24) is 9.88 Å². The smallest absolute Gasteiger partial charge is 0.321 e. The third-order valence-corrected chi connectivity index (χ3v) is 4.69. The number of carbonyl (C=O) groups is 1. The fourth-order valence-electron chi connectivity index (χ4n) is 2.91. The lowest BCUT2D eigenvalue weighted by Crippen LogP contribution is -2.43. The SMILES string of the molecule is COc1ccc(NC(=O)N2CCC(Oc3ccncc3Cl)CC2)c(OC)c1. The quantitative estimate of drug-likeness (QED) is 0.838. The number of carbonyl (C=O) groups excluding carboxylic acids is 1. The number of methoxy groups -OCH3 is 2. The third kappa shape index (κ3) is 4.74. The van der Waals surface area contributed by atoms with E-state index in [4.69, 9.17) is 25.8 Å². The average Bonchev–Trinajstić information content (AvgIpc) is 2.70. The molecule has 1 saturated heterocycles. The van der Waals surface area contributed by atoms with E-state index in [-0.39, 0.29) is 12.1 Å². The Balaban J connectivity index is 1.55. The highest BCUT2D eigenvalue weighted by atomic mass is 35.5. The standard InChI is InChI=1S/C19H22ClN3O4/c1-25-14-3-4-16(18(11-14)26-2)22-19(24)23-9-6-13(7-10-23)27-17-5-8-21-12-15(17)20/h3-5,8,11-13H,6-7,9-10H2,1-2H3,(H,22,24). The largest absolute Gasteiger partial charge is 0.497 e. The molecule has 0 atom stereocenters. The molecule has 27 heavy (non-hydrogen) atoms. The minimum atomic E-state index is -0.168. The topological polar surface area (TPSA) is 72.9 Å². The highest BCUT2D eigenvalue weighted by Crippen LogP contribution is 2.30. The second kappa shape index (κ2) is 8.81. The van der Waals surface area contributed by atoms with Crippen molar-refractivity contribution < 1.29 is 19.0 Å². The number of hydrogen-bond acceptors (Lipinski definition) is 5. The van der Waals surface area contributed by atoms with Crippen molar-refractivity contribution in [2.24, 2.45) is 0 Å². The summed E-state index contributed by atoms with van der Waals surface area (Å²) in [5, 5.41) is 3.38. The number of halogens is 1. The van der Waals surface area contributed by atoms with Gasteiger partial charge in [-0.15, -0.1) is 0 Å². The minimum Gasteiger partial charge on any atom is -0.497 e. The zero-order chi connectivity index (χ0) is 19.2. The lowest BCUT2D eigenvalue weighted by molar-refractivity contribution is 0.115. The number of benzene rings is 1. The van der Waals surface area contributed by atoms with Gasteiger partial charge in [-0.2, -0.15) is 0 Å². The van der Waals surface area contributed by atoms with Crippen LogP contribution in [0.5, 0.6) is 17.2 Å². The molecular weight excluding hydrogens is 370 g/mol. The summed E-state index contributed by atoms with van der Waals surface area (Å²) >= 11 is 6.08. The zero-order valence-electron chi connectivity index (χ0n) is 15.3. The Morgan fingerprint density at radius 3 is 2.63 bits per heavy atom. The number of pyridine rings is 1. The molecule has 1 fully saturated rings. The van der Waals surface area contributed by atoms with Crippen LogP contribution in [-0.2, 0) is 0 Å². The zero-order valence-corrected chi connectivity index (χ0v) is 16.0. The van der Waals surface area contributed by atoms with E-state index in [1.54, 1.807) is 55.8 Å². The van der Waals surface area contributed by atoms with Crippen molar-refractivity contribution in [3.8, 4) is 17.2 Å². The number of ether oxygens (including phenoxy) is 3. The Bertz CT molecular complexity index is 794. The summed E-state index contributed by atoms with van der Waals surface area (Å²) in [7, 11) is 3.13. The Kier molecular flexibility index (Phi) is 6.24. The van der Waals surface area contributed by atoms with E-state index in [0.717, 1.165) is 12.8 Å². The van der Waals surface area contributed by atoms with Gasteiger partial charge < -0.3 is 24.4 Å². The predicted octanol–water partition coefficient (Wildman–Crippen LogP) is 3.83. The highest BCUT2D eigenvalue weighted by Gasteiger charge is 2.25. The van der Waals surface area contributed by atoms with Crippen LogP contribution < -0.4 is 19.5 Å². The first-order valence-corrected chi connectivity index (χ1v) is 9.02. The fraction of sp³-hybridized carbons (Fsp3) is 0.368. The molecular formula is C19H22ClN3O4. The van der Waals surface area contributed by atoms with Gasteiger partial charge in [0.2, 0.25) is 0 Å². The van der Waals surface area contributed by atoms with Gasteiger partial charge in [-0.1, -0.05) is 11.6 Å². The summed E-state index contributed by atoms with van der Waals surface area (Å²) < 4.78 is 16.4. The number of urea groups is 1. The maximum absolute atomic E-state index is 12.6. The van der Waals surface area contributed by atoms with E-state index in [9.17, 15) is 4.79 Å². The van der Waals surface area contributed by atoms with Gasteiger partial charge in [0.15, 0.2) is 0 Å². The number of nitrogens with zero attached hydrogens (tertiary/aromatic N) is 2. The van der Waals surface area contributed by atoms with Gasteiger partial charge >= 0.3 is 6.03 Å². The molecule has 1 aliphatic rings. The molecule has 0 aliphatic carbocycles. The van der Waals surface area contributed by atoms with Gasteiger partial charge in [-0.05, 0) is 12.1 Å². The first-order chi connectivity index (χ1) is 13.1. The molecule has 1 aromatic carbocycles. The number of nitrogens with one attached hydrogen (secondary N) is 1. The van der Waals surface area contributed by atoms with Crippen molar-refractivity contribution in [3.05, 3.63) is 41.7 Å². The van der Waals surface area contributed by atoms with E-state index >= 15 is 0 Å². The van der Waals surface area contributed by atoms with E-state index in [1.807, 2.05) is 0 Å². The van der Waals surface area contributed by atoms with E-state index in [2.05, 4.69) is 10.3 Å². The first kappa shape index (κ1) is 19.1. The van der Waals surface area contributed by atoms with Crippen LogP contribution in [0.2, 0.25) is 5.02 Å². The summed E-state index contributed by atoms with van der Waals surface area (Å²) in [6, 6.07) is 6.85. The van der Waals surface area contributed by atoms with Crippen molar-refractivity contribution in [2.45, 2.75) is 18.9 Å². The molecule has 1 aromatic heterocycles. The molecule has 1 N–H and O–H groups in total. The third-order valence-electron chi connectivity index (χ3n) is 4.41. The Labute approximate surface area is 163 Å². The monoisotopic (exact) mass is 391 g/mol. The Morgan fingerprint density at radius 2 is 1.96 bits per heavy atom. The number of anilines is 1. The fourth-order valence-corrected chi connectivity index (χ4v) is 3.07. The van der Waals surface area contributed by atoms with Gasteiger partial charge in [-0.3, -0.25) is 4.98 Å². The number of likely N-dealkylation sites (tertiary alicyclic amines) is 1. The molecule has 7 nitrogen and oxygen atoms in total. The van der Waals surface area contributed by atoms with Crippen molar-refractivity contribution in [2.75, 3.05) is 32.6 Å². The predicted molar refractivity (Wildman–Crippen MR) is 103 cm³/mol. The van der Waals surface area contributed by atoms with Crippen LogP contribution in [0.1, 0.15) is 12.8 Å². The maximum atomic E-state index is 12.6. The van der Waals surface area contributed by atoms with Crippen LogP contribution in [0.4, 0.5) is 10.5 Å². The number of amides is 2. The molecule has 3 rings (SSSR count). The van der Waals surface area contributed by atoms with Crippen LogP contribution in [0, 0.1) is 0 Å². The van der Waals surface area contributed by atoms with Crippen LogP contribution in [0.3, 0.4) is 0 Å². The van der Waals surface area contributed by atoms with E-state index in [0.29, 0.717) is 41.0 Å². The van der Waals surface area contributed by atoms with E-state index < -0.39 is 0 Å². The molecule has 1 aliphatic heterocycles. The van der Waals surface area contributed by atoms with Gasteiger partial charge in [0, 0.05) is 50.5 Å². The molecule has 0 radical (unpaired) electrons. The van der Waals surface area contributed by atoms with Crippen LogP contribution in [0.25, 0.3) is 0 Å². The molecule has 2 heterocycles. The highest BCUT2D eigenvalue weighted by molar-refractivity contribution is 6.31. The molecule has 0 saturated carbocycles. The van der Waals surface area contributed by atoms with Crippen molar-refractivity contribution in [1.29, 1.82) is 0 Å². The summed E-state index contributed by atoms with van der Waals surface area (Å²) in [5.74, 6) is 1.84. The molecule has 0 bridgehead atoms. The first-order valence-electron chi connectivity index (χ1n) is 8.65. The number of rotatable bonds is 5. The molecule has 8 heteroatoms. The van der Waals surface area contributed by atoms with Gasteiger partial charge in [0.05, 0.1) is 19.9 Å². The number of aromatic nitrogens is 1. The van der Waals surface area contributed by atoms with Crippen LogP contribution in [-0.4, -0.2) is 49.3 Å². The molecule has 0 unspecified atom stereocenters. The molecule has 0 spiro atoms. The number of piperidine rings is 1. The van der Waals surface area contributed by atoms with Gasteiger partial charge in [0.25, 0.3) is 0 Å². The summed E-state index contributed by atoms with van der Waals surface area (Å²) in [6.45, 7) is 1.19. The van der Waals surface area contributed by atoms with Gasteiger partial charge in [0.1, 0.15) is 28.4 Å². The second-order valence-corrected chi connectivity index (χ2v) is 6.51. The minimum absolute atomic E-state index is 0.0180. The van der Waals surface area contributed by atoms with Crippen LogP contribution in [0.15, 0.2) is 36.7 Å². The lowest BCUT2D eigenvalue weighted by atomic mass is 10.1. The lowest BCUT2D eigenvalue weighted by Gasteiger charge is -2.32. The van der Waals surface area contributed by atoms with Crippen molar-refractivity contribution >= 4 is 23.3 Å². The Morgan fingerprint density at radius 1 is 1.19 bits per heavy atom. The molecule has 2 aromatic rings. The van der Waals surface area contributed by atoms with Gasteiger partial charge in [-0.25, -0.2) is 4.79 Å². The average molecular weight is 392 g/mol. The second-order valence-electron chi connectivity index (χ2n) is 6.11. The van der Waals surface area contributed by atoms with E-state index in [1.165, 1.54) is 0 Å². The molecule has 2 amide bonds. The maximum Gasteiger partial charge on any atom is 0.321 e.